The Morgan fingerprint density at radius 3 is 2.10 bits per heavy atom. The number of carbonyl (C=O) groups is 1. The van der Waals surface area contributed by atoms with Gasteiger partial charge in [-0.15, -0.1) is 0 Å². The van der Waals surface area contributed by atoms with Crippen molar-refractivity contribution in [2.24, 2.45) is 0 Å². The third-order valence-electron chi connectivity index (χ3n) is 4.71. The smallest absolute Gasteiger partial charge is 0.284 e. The molecule has 0 aliphatic rings. The molecule has 0 fully saturated rings. The van der Waals surface area contributed by atoms with Crippen LogP contribution in [0.15, 0.2) is 77.7 Å². The van der Waals surface area contributed by atoms with Gasteiger partial charge in [0.1, 0.15) is 0 Å². The molecule has 0 unspecified atom stereocenters. The van der Waals surface area contributed by atoms with Gasteiger partial charge < -0.3 is 0 Å². The highest BCUT2D eigenvalue weighted by atomic mass is 32.2. The summed E-state index contributed by atoms with van der Waals surface area (Å²) in [6, 6.07) is 19.0. The number of ketones is 1. The average Bonchev–Trinajstić information content (AvgIpc) is 2.72. The van der Waals surface area contributed by atoms with Crippen LogP contribution < -0.4 is 4.72 Å². The van der Waals surface area contributed by atoms with Crippen LogP contribution in [0.3, 0.4) is 0 Å². The predicted octanol–water partition coefficient (Wildman–Crippen LogP) is 5.33. The molecular weight excluding hydrogens is 427 g/mol. The molecule has 0 amide bonds. The quantitative estimate of drug-likeness (QED) is 0.498. The number of rotatable bonds is 7. The van der Waals surface area contributed by atoms with Crippen LogP contribution in [-0.4, -0.2) is 20.4 Å². The number of hydrogen-bond acceptors (Lipinski definition) is 3. The zero-order chi connectivity index (χ0) is 22.6. The number of carbonyl (C=O) groups excluding carboxylic acids is 1. The number of sulfonamides is 1. The standard InChI is InChI=1S/C23H20F3NO3S/c1-16-7-12-19(13-8-16)31(29,30)27-21-14-11-18(10-9-17-5-3-2-4-6-17)15-20(21)22(28)23(24,25)26/h2-8,11-15,27H,9-10H2,1H3. The summed E-state index contributed by atoms with van der Waals surface area (Å²) in [5, 5.41) is 0. The number of nitrogens with one attached hydrogen (secondary N) is 1. The molecule has 0 aromatic heterocycles. The molecule has 3 aromatic carbocycles. The van der Waals surface area contributed by atoms with E-state index in [1.807, 2.05) is 30.3 Å². The molecule has 0 radical (unpaired) electrons. The van der Waals surface area contributed by atoms with Crippen molar-refractivity contribution in [2.75, 3.05) is 4.72 Å². The van der Waals surface area contributed by atoms with Gasteiger partial charge >= 0.3 is 6.18 Å². The summed E-state index contributed by atoms with van der Waals surface area (Å²) < 4.78 is 66.9. The highest BCUT2D eigenvalue weighted by Crippen LogP contribution is 2.29. The fraction of sp³-hybridized carbons (Fsp3) is 0.174. The molecule has 3 rings (SSSR count). The number of alkyl halides is 3. The normalized spacial score (nSPS) is 11.9. The molecule has 0 atom stereocenters. The van der Waals surface area contributed by atoms with Crippen molar-refractivity contribution in [1.29, 1.82) is 0 Å². The van der Waals surface area contributed by atoms with Crippen LogP contribution in [-0.2, 0) is 22.9 Å². The Labute approximate surface area is 178 Å². The van der Waals surface area contributed by atoms with Gasteiger partial charge in [0.15, 0.2) is 0 Å². The van der Waals surface area contributed by atoms with E-state index >= 15 is 0 Å². The van der Waals surface area contributed by atoms with Gasteiger partial charge in [-0.2, -0.15) is 13.2 Å². The number of hydrogen-bond donors (Lipinski definition) is 1. The van der Waals surface area contributed by atoms with Crippen LogP contribution >= 0.6 is 0 Å². The van der Waals surface area contributed by atoms with Gasteiger partial charge in [0.25, 0.3) is 15.8 Å². The number of Topliss-reactive ketones (excluding diaryl/α,β-unsaturated/α-hetero) is 1. The minimum Gasteiger partial charge on any atom is -0.284 e. The van der Waals surface area contributed by atoms with Gasteiger partial charge in [0.2, 0.25) is 0 Å². The molecule has 0 saturated heterocycles. The first kappa shape index (κ1) is 22.6. The van der Waals surface area contributed by atoms with Crippen molar-refractivity contribution in [3.63, 3.8) is 0 Å². The summed E-state index contributed by atoms with van der Waals surface area (Å²) in [7, 11) is -4.17. The molecule has 0 heterocycles. The third kappa shape index (κ3) is 5.73. The van der Waals surface area contributed by atoms with Gasteiger partial charge in [-0.25, -0.2) is 8.42 Å². The van der Waals surface area contributed by atoms with Crippen LogP contribution in [0.4, 0.5) is 18.9 Å². The van der Waals surface area contributed by atoms with Crippen LogP contribution in [0, 0.1) is 6.92 Å². The second-order valence-corrected chi connectivity index (χ2v) is 8.79. The Hall–Kier alpha value is -3.13. The zero-order valence-electron chi connectivity index (χ0n) is 16.6. The number of aryl methyl sites for hydroxylation is 3. The molecule has 0 aliphatic heterocycles. The van der Waals surface area contributed by atoms with Crippen LogP contribution in [0.25, 0.3) is 0 Å². The number of benzene rings is 3. The molecule has 0 saturated carbocycles. The maximum atomic E-state index is 13.2. The molecule has 8 heteroatoms. The molecule has 31 heavy (non-hydrogen) atoms. The second kappa shape index (κ2) is 8.93. The van der Waals surface area contributed by atoms with E-state index in [-0.39, 0.29) is 4.90 Å². The molecule has 0 bridgehead atoms. The fourth-order valence-corrected chi connectivity index (χ4v) is 4.11. The summed E-state index contributed by atoms with van der Waals surface area (Å²) in [6.07, 6.45) is -4.18. The molecule has 162 valence electrons. The largest absolute Gasteiger partial charge is 0.454 e. The number of anilines is 1. The van der Waals surface area contributed by atoms with Gasteiger partial charge in [0, 0.05) is 0 Å². The van der Waals surface area contributed by atoms with E-state index in [0.717, 1.165) is 17.2 Å². The predicted molar refractivity (Wildman–Crippen MR) is 113 cm³/mol. The van der Waals surface area contributed by atoms with Gasteiger partial charge in [-0.05, 0) is 55.2 Å². The van der Waals surface area contributed by atoms with Crippen molar-refractivity contribution < 1.29 is 26.4 Å². The lowest BCUT2D eigenvalue weighted by molar-refractivity contribution is -0.0884. The molecule has 3 aromatic rings. The van der Waals surface area contributed by atoms with Gasteiger partial charge in [0.05, 0.1) is 16.1 Å². The van der Waals surface area contributed by atoms with Crippen molar-refractivity contribution >= 4 is 21.5 Å². The van der Waals surface area contributed by atoms with Crippen molar-refractivity contribution in [1.82, 2.24) is 0 Å². The van der Waals surface area contributed by atoms with Crippen molar-refractivity contribution in [3.05, 3.63) is 95.1 Å². The minimum atomic E-state index is -5.14. The van der Waals surface area contributed by atoms with E-state index in [1.165, 1.54) is 24.3 Å². The third-order valence-corrected chi connectivity index (χ3v) is 6.09. The van der Waals surface area contributed by atoms with Gasteiger partial charge in [-0.3, -0.25) is 9.52 Å². The van der Waals surface area contributed by atoms with Crippen molar-refractivity contribution in [3.8, 4) is 0 Å². The summed E-state index contributed by atoms with van der Waals surface area (Å²) in [5.74, 6) is -2.10. The monoisotopic (exact) mass is 447 g/mol. The number of halogens is 3. The lowest BCUT2D eigenvalue weighted by atomic mass is 9.99. The molecule has 1 N–H and O–H groups in total. The minimum absolute atomic E-state index is 0.114. The van der Waals surface area contributed by atoms with E-state index in [9.17, 15) is 26.4 Å². The molecule has 0 spiro atoms. The van der Waals surface area contributed by atoms with E-state index in [0.29, 0.717) is 18.4 Å². The molecular formula is C23H20F3NO3S. The first-order valence-electron chi connectivity index (χ1n) is 9.44. The van der Waals surface area contributed by atoms with E-state index < -0.39 is 33.2 Å². The maximum absolute atomic E-state index is 13.2. The zero-order valence-corrected chi connectivity index (χ0v) is 17.4. The van der Waals surface area contributed by atoms with Crippen LogP contribution in [0.5, 0.6) is 0 Å². The van der Waals surface area contributed by atoms with Crippen molar-refractivity contribution in [2.45, 2.75) is 30.8 Å². The van der Waals surface area contributed by atoms with Gasteiger partial charge in [-0.1, -0.05) is 54.1 Å². The maximum Gasteiger partial charge on any atom is 0.454 e. The SMILES string of the molecule is Cc1ccc(S(=O)(=O)Nc2ccc(CCc3ccccc3)cc2C(=O)C(F)(F)F)cc1. The lowest BCUT2D eigenvalue weighted by Gasteiger charge is -2.15. The summed E-state index contributed by atoms with van der Waals surface area (Å²) in [5.41, 5.74) is 1.18. The first-order valence-corrected chi connectivity index (χ1v) is 10.9. The first-order chi connectivity index (χ1) is 14.6. The highest BCUT2D eigenvalue weighted by Gasteiger charge is 2.41. The van der Waals surface area contributed by atoms with E-state index in [4.69, 9.17) is 0 Å². The molecule has 0 aliphatic carbocycles. The Balaban J connectivity index is 1.93. The average molecular weight is 447 g/mol. The molecule has 4 nitrogen and oxygen atoms in total. The van der Waals surface area contributed by atoms with E-state index in [1.54, 1.807) is 19.1 Å². The summed E-state index contributed by atoms with van der Waals surface area (Å²) in [6.45, 7) is 1.78. The van der Waals surface area contributed by atoms with Crippen LogP contribution in [0.1, 0.15) is 27.0 Å². The second-order valence-electron chi connectivity index (χ2n) is 7.11. The van der Waals surface area contributed by atoms with Crippen LogP contribution in [0.2, 0.25) is 0 Å². The van der Waals surface area contributed by atoms with E-state index in [2.05, 4.69) is 4.72 Å². The summed E-state index contributed by atoms with van der Waals surface area (Å²) >= 11 is 0. The Morgan fingerprint density at radius 1 is 0.871 bits per heavy atom. The highest BCUT2D eigenvalue weighted by molar-refractivity contribution is 7.92. The topological polar surface area (TPSA) is 63.2 Å². The Bertz CT molecular complexity index is 1170. The summed E-state index contributed by atoms with van der Waals surface area (Å²) in [4.78, 5) is 11.9. The fourth-order valence-electron chi connectivity index (χ4n) is 3.03. The Morgan fingerprint density at radius 2 is 1.48 bits per heavy atom. The lowest BCUT2D eigenvalue weighted by Crippen LogP contribution is -2.25. The Kier molecular flexibility index (Phi) is 6.50.